The third-order valence-electron chi connectivity index (χ3n) is 3.41. The molecule has 0 radical (unpaired) electrons. The van der Waals surface area contributed by atoms with Crippen molar-refractivity contribution >= 4 is 28.4 Å². The van der Waals surface area contributed by atoms with Gasteiger partial charge in [-0.05, 0) is 36.4 Å². The zero-order chi connectivity index (χ0) is 15.0. The molecular formula is C16H12ClFN2O. The van der Waals surface area contributed by atoms with Gasteiger partial charge in [0.05, 0.1) is 6.54 Å². The van der Waals surface area contributed by atoms with Crippen molar-refractivity contribution < 1.29 is 9.18 Å². The molecule has 2 aromatic carbocycles. The van der Waals surface area contributed by atoms with Crippen LogP contribution in [-0.2, 0) is 6.54 Å². The van der Waals surface area contributed by atoms with Crippen molar-refractivity contribution in [1.29, 1.82) is 0 Å². The standard InChI is InChI=1S/C16H12ClFN2O/c17-13-3-4-15-10(7-13)5-6-20(15)9-12-2-1-11(16(19)21)8-14(12)18/h1-8H,9H2,(H2,19,21). The third-order valence-corrected chi connectivity index (χ3v) is 3.65. The number of fused-ring (bicyclic) bond motifs is 1. The first-order valence-corrected chi connectivity index (χ1v) is 6.75. The number of amides is 1. The Morgan fingerprint density at radius 2 is 2.00 bits per heavy atom. The number of carbonyl (C=O) groups excluding carboxylic acids is 1. The SMILES string of the molecule is NC(=O)c1ccc(Cn2ccc3cc(Cl)ccc32)c(F)c1. The van der Waals surface area contributed by atoms with Crippen LogP contribution in [0, 0.1) is 5.82 Å². The van der Waals surface area contributed by atoms with Gasteiger partial charge in [0.25, 0.3) is 0 Å². The summed E-state index contributed by atoms with van der Waals surface area (Å²) in [5.74, 6) is -1.08. The molecule has 0 aliphatic rings. The Morgan fingerprint density at radius 1 is 1.19 bits per heavy atom. The van der Waals surface area contributed by atoms with Gasteiger partial charge in [-0.2, -0.15) is 0 Å². The van der Waals surface area contributed by atoms with E-state index in [2.05, 4.69) is 0 Å². The lowest BCUT2D eigenvalue weighted by atomic mass is 10.1. The van der Waals surface area contributed by atoms with Crippen molar-refractivity contribution in [2.75, 3.05) is 0 Å². The van der Waals surface area contributed by atoms with E-state index < -0.39 is 11.7 Å². The monoisotopic (exact) mass is 302 g/mol. The molecule has 1 aromatic heterocycles. The summed E-state index contributed by atoms with van der Waals surface area (Å²) in [5, 5.41) is 1.66. The number of rotatable bonds is 3. The molecule has 1 heterocycles. The van der Waals surface area contributed by atoms with Crippen molar-refractivity contribution in [3.63, 3.8) is 0 Å². The van der Waals surface area contributed by atoms with E-state index in [0.717, 1.165) is 10.9 Å². The van der Waals surface area contributed by atoms with Crippen LogP contribution in [0.1, 0.15) is 15.9 Å². The van der Waals surface area contributed by atoms with Crippen LogP contribution in [-0.4, -0.2) is 10.5 Å². The van der Waals surface area contributed by atoms with Gasteiger partial charge in [0, 0.05) is 33.2 Å². The number of halogens is 2. The first kappa shape index (κ1) is 13.6. The van der Waals surface area contributed by atoms with Gasteiger partial charge in [-0.1, -0.05) is 17.7 Å². The van der Waals surface area contributed by atoms with Crippen LogP contribution >= 0.6 is 11.6 Å². The summed E-state index contributed by atoms with van der Waals surface area (Å²) in [6.45, 7) is 0.371. The summed E-state index contributed by atoms with van der Waals surface area (Å²) in [5.41, 5.74) is 6.76. The van der Waals surface area contributed by atoms with Crippen molar-refractivity contribution in [2.24, 2.45) is 5.73 Å². The molecule has 0 bridgehead atoms. The summed E-state index contributed by atoms with van der Waals surface area (Å²) in [6.07, 6.45) is 1.88. The zero-order valence-electron chi connectivity index (χ0n) is 11.0. The Bertz CT molecular complexity index is 841. The second-order valence-corrected chi connectivity index (χ2v) is 5.25. The molecule has 0 aliphatic heterocycles. The van der Waals surface area contributed by atoms with Crippen molar-refractivity contribution in [3.8, 4) is 0 Å². The molecule has 0 aliphatic carbocycles. The predicted octanol–water partition coefficient (Wildman–Crippen LogP) is 3.58. The van der Waals surface area contributed by atoms with Crippen LogP contribution in [0.25, 0.3) is 10.9 Å². The van der Waals surface area contributed by atoms with Gasteiger partial charge >= 0.3 is 0 Å². The first-order valence-electron chi connectivity index (χ1n) is 6.37. The molecule has 2 N–H and O–H groups in total. The summed E-state index contributed by atoms with van der Waals surface area (Å²) < 4.78 is 15.9. The summed E-state index contributed by atoms with van der Waals surface area (Å²) in [7, 11) is 0. The molecule has 0 saturated heterocycles. The minimum atomic E-state index is -0.637. The molecule has 0 fully saturated rings. The predicted molar refractivity (Wildman–Crippen MR) is 81.0 cm³/mol. The lowest BCUT2D eigenvalue weighted by Crippen LogP contribution is -2.12. The number of primary amides is 1. The average Bonchev–Trinajstić information content (AvgIpc) is 2.83. The number of carbonyl (C=O) groups is 1. The quantitative estimate of drug-likeness (QED) is 0.790. The first-order chi connectivity index (χ1) is 10.0. The third kappa shape index (κ3) is 2.62. The summed E-state index contributed by atoms with van der Waals surface area (Å²) in [4.78, 5) is 11.0. The van der Waals surface area contributed by atoms with E-state index in [4.69, 9.17) is 17.3 Å². The summed E-state index contributed by atoms with van der Waals surface area (Å²) in [6, 6.07) is 11.8. The number of benzene rings is 2. The van der Waals surface area contributed by atoms with Crippen molar-refractivity contribution in [1.82, 2.24) is 4.57 Å². The fraction of sp³-hybridized carbons (Fsp3) is 0.0625. The number of hydrogen-bond donors (Lipinski definition) is 1. The molecule has 3 nitrogen and oxygen atoms in total. The van der Waals surface area contributed by atoms with Gasteiger partial charge in [0.1, 0.15) is 5.82 Å². The minimum Gasteiger partial charge on any atom is -0.366 e. The molecule has 5 heteroatoms. The Labute approximate surface area is 125 Å². The molecule has 0 atom stereocenters. The smallest absolute Gasteiger partial charge is 0.248 e. The van der Waals surface area contributed by atoms with E-state index in [1.54, 1.807) is 12.1 Å². The molecule has 3 rings (SSSR count). The number of hydrogen-bond acceptors (Lipinski definition) is 1. The van der Waals surface area contributed by atoms with Crippen molar-refractivity contribution in [3.05, 3.63) is 70.6 Å². The Kier molecular flexibility index (Phi) is 3.39. The molecule has 21 heavy (non-hydrogen) atoms. The van der Waals surface area contributed by atoms with E-state index in [-0.39, 0.29) is 5.56 Å². The van der Waals surface area contributed by atoms with Crippen LogP contribution in [0.2, 0.25) is 5.02 Å². The molecular weight excluding hydrogens is 291 g/mol. The van der Waals surface area contributed by atoms with Gasteiger partial charge in [0.15, 0.2) is 0 Å². The lowest BCUT2D eigenvalue weighted by Gasteiger charge is -2.08. The van der Waals surface area contributed by atoms with E-state index >= 15 is 0 Å². The molecule has 0 spiro atoms. The molecule has 0 saturated carbocycles. The largest absolute Gasteiger partial charge is 0.366 e. The Hall–Kier alpha value is -2.33. The molecule has 106 valence electrons. The second-order valence-electron chi connectivity index (χ2n) is 4.82. The van der Waals surface area contributed by atoms with Gasteiger partial charge in [-0.25, -0.2) is 4.39 Å². The van der Waals surface area contributed by atoms with Crippen LogP contribution in [0.4, 0.5) is 4.39 Å². The van der Waals surface area contributed by atoms with Crippen LogP contribution in [0.3, 0.4) is 0 Å². The van der Waals surface area contributed by atoms with E-state index in [1.165, 1.54) is 12.1 Å². The lowest BCUT2D eigenvalue weighted by molar-refractivity contribution is 0.1000. The highest BCUT2D eigenvalue weighted by atomic mass is 35.5. The maximum Gasteiger partial charge on any atom is 0.248 e. The average molecular weight is 303 g/mol. The topological polar surface area (TPSA) is 48.0 Å². The normalized spacial score (nSPS) is 11.0. The van der Waals surface area contributed by atoms with E-state index in [9.17, 15) is 9.18 Å². The van der Waals surface area contributed by atoms with E-state index in [0.29, 0.717) is 17.1 Å². The van der Waals surface area contributed by atoms with Gasteiger partial charge in [-0.3, -0.25) is 4.79 Å². The van der Waals surface area contributed by atoms with Gasteiger partial charge in [-0.15, -0.1) is 0 Å². The Balaban J connectivity index is 1.97. The highest BCUT2D eigenvalue weighted by Crippen LogP contribution is 2.22. The maximum atomic E-state index is 14.0. The maximum absolute atomic E-state index is 14.0. The number of aromatic nitrogens is 1. The number of nitrogens with zero attached hydrogens (tertiary/aromatic N) is 1. The molecule has 3 aromatic rings. The highest BCUT2D eigenvalue weighted by molar-refractivity contribution is 6.31. The minimum absolute atomic E-state index is 0.167. The van der Waals surface area contributed by atoms with Crippen molar-refractivity contribution in [2.45, 2.75) is 6.54 Å². The van der Waals surface area contributed by atoms with Gasteiger partial charge in [0.2, 0.25) is 5.91 Å². The van der Waals surface area contributed by atoms with Gasteiger partial charge < -0.3 is 10.3 Å². The highest BCUT2D eigenvalue weighted by Gasteiger charge is 2.09. The fourth-order valence-corrected chi connectivity index (χ4v) is 2.50. The fourth-order valence-electron chi connectivity index (χ4n) is 2.32. The molecule has 1 amide bonds. The van der Waals surface area contributed by atoms with E-state index in [1.807, 2.05) is 29.0 Å². The van der Waals surface area contributed by atoms with Crippen LogP contribution < -0.4 is 5.73 Å². The summed E-state index contributed by atoms with van der Waals surface area (Å²) >= 11 is 5.95. The van der Waals surface area contributed by atoms with Crippen LogP contribution in [0.5, 0.6) is 0 Å². The Morgan fingerprint density at radius 3 is 2.71 bits per heavy atom. The zero-order valence-corrected chi connectivity index (χ0v) is 11.8. The number of nitrogens with two attached hydrogens (primary N) is 1. The molecule has 0 unspecified atom stereocenters. The second kappa shape index (κ2) is 5.22. The van der Waals surface area contributed by atoms with Crippen LogP contribution in [0.15, 0.2) is 48.7 Å².